The lowest BCUT2D eigenvalue weighted by Gasteiger charge is -2.39. The van der Waals surface area contributed by atoms with E-state index < -0.39 is 0 Å². The van der Waals surface area contributed by atoms with Gasteiger partial charge in [-0.05, 0) is 49.2 Å². The number of rotatable bonds is 4. The highest BCUT2D eigenvalue weighted by molar-refractivity contribution is 7.18. The largest absolute Gasteiger partial charge is 0.399 e. The first-order valence-corrected chi connectivity index (χ1v) is 9.70. The summed E-state index contributed by atoms with van der Waals surface area (Å²) >= 11 is 1.33. The number of hydrogen-bond acceptors (Lipinski definition) is 5. The van der Waals surface area contributed by atoms with Crippen molar-refractivity contribution in [3.63, 3.8) is 0 Å². The molecule has 1 aromatic heterocycles. The van der Waals surface area contributed by atoms with Crippen LogP contribution < -0.4 is 16.4 Å². The number of carbonyl (C=O) groups excluding carboxylic acids is 2. The lowest BCUT2D eigenvalue weighted by Crippen LogP contribution is -2.48. The van der Waals surface area contributed by atoms with Crippen molar-refractivity contribution in [3.8, 4) is 0 Å². The molecule has 2 aliphatic rings. The molecule has 1 aromatic carbocycles. The maximum absolute atomic E-state index is 12.6. The fourth-order valence-corrected chi connectivity index (χ4v) is 4.34. The Kier molecular flexibility index (Phi) is 4.65. The number of benzene rings is 1. The molecule has 0 aliphatic carbocycles. The average molecular weight is 370 g/mol. The van der Waals surface area contributed by atoms with Crippen LogP contribution in [-0.4, -0.2) is 42.4 Å². The second-order valence-corrected chi connectivity index (χ2v) is 7.96. The number of nitrogens with one attached hydrogen (secondary N) is 2. The molecule has 0 radical (unpaired) electrons. The lowest BCUT2D eigenvalue weighted by atomic mass is 9.91. The molecule has 2 aromatic rings. The summed E-state index contributed by atoms with van der Waals surface area (Å²) in [7, 11) is 0. The van der Waals surface area contributed by atoms with E-state index in [0.29, 0.717) is 23.9 Å². The number of likely N-dealkylation sites (tertiary alicyclic amines) is 1. The predicted molar refractivity (Wildman–Crippen MR) is 103 cm³/mol. The third kappa shape index (κ3) is 3.45. The van der Waals surface area contributed by atoms with E-state index in [1.54, 1.807) is 12.1 Å². The minimum absolute atomic E-state index is 0.0194. The van der Waals surface area contributed by atoms with Crippen molar-refractivity contribution in [3.05, 3.63) is 46.8 Å². The number of hydrogen-bond donors (Lipinski definition) is 3. The normalized spacial score (nSPS) is 20.0. The van der Waals surface area contributed by atoms with Crippen LogP contribution in [-0.2, 0) is 4.79 Å². The zero-order valence-electron chi connectivity index (χ0n) is 14.4. The number of nitrogens with two attached hydrogens (primary N) is 1. The van der Waals surface area contributed by atoms with E-state index in [9.17, 15) is 9.59 Å². The molecule has 2 saturated heterocycles. The van der Waals surface area contributed by atoms with E-state index in [1.165, 1.54) is 16.9 Å². The Morgan fingerprint density at radius 2 is 2.08 bits per heavy atom. The lowest BCUT2D eigenvalue weighted by molar-refractivity contribution is -0.117. The van der Waals surface area contributed by atoms with E-state index in [0.717, 1.165) is 30.1 Å². The molecule has 0 bridgehead atoms. The van der Waals surface area contributed by atoms with Gasteiger partial charge < -0.3 is 21.3 Å². The van der Waals surface area contributed by atoms with Crippen LogP contribution in [0.5, 0.6) is 0 Å². The molecule has 0 spiro atoms. The smallest absolute Gasteiger partial charge is 0.264 e. The molecule has 26 heavy (non-hydrogen) atoms. The Hall–Kier alpha value is -2.38. The van der Waals surface area contributed by atoms with Crippen molar-refractivity contribution in [1.82, 2.24) is 10.2 Å². The molecular formula is C19H22N4O2S. The molecule has 136 valence electrons. The highest BCUT2D eigenvalue weighted by Gasteiger charge is 2.33. The molecule has 2 aliphatic heterocycles. The van der Waals surface area contributed by atoms with E-state index in [1.807, 2.05) is 23.1 Å². The van der Waals surface area contributed by atoms with Crippen molar-refractivity contribution in [2.75, 3.05) is 30.7 Å². The first kappa shape index (κ1) is 17.1. The molecule has 6 nitrogen and oxygen atoms in total. The van der Waals surface area contributed by atoms with Crippen molar-refractivity contribution in [1.29, 1.82) is 0 Å². The third-order valence-corrected chi connectivity index (χ3v) is 5.98. The van der Waals surface area contributed by atoms with Gasteiger partial charge in [0.15, 0.2) is 0 Å². The van der Waals surface area contributed by atoms with Crippen LogP contribution in [0.3, 0.4) is 0 Å². The molecular weight excluding hydrogens is 348 g/mol. The molecule has 2 amide bonds. The Labute approximate surface area is 156 Å². The Morgan fingerprint density at radius 3 is 2.81 bits per heavy atom. The standard InChI is InChI=1S/C19H22N4O2S/c20-14-4-1-3-12(9-14)13-10-23(11-13)19(25)16-6-7-17(26-16)22-18(24)15-5-2-8-21-15/h1,3-4,6-7,9,13,15,21H,2,5,8,10-11,20H2,(H,22,24)/t15-/m0/s1. The molecule has 4 N–H and O–H groups in total. The molecule has 2 fully saturated rings. The van der Waals surface area contributed by atoms with Gasteiger partial charge in [-0.2, -0.15) is 0 Å². The van der Waals surface area contributed by atoms with Gasteiger partial charge in [-0.3, -0.25) is 9.59 Å². The van der Waals surface area contributed by atoms with Gasteiger partial charge in [-0.25, -0.2) is 0 Å². The second-order valence-electron chi connectivity index (χ2n) is 6.88. The Balaban J connectivity index is 1.33. The van der Waals surface area contributed by atoms with Crippen LogP contribution in [0, 0.1) is 0 Å². The molecule has 4 rings (SSSR count). The summed E-state index contributed by atoms with van der Waals surface area (Å²) in [5, 5.41) is 6.81. The van der Waals surface area contributed by atoms with E-state index in [4.69, 9.17) is 5.73 Å². The number of anilines is 2. The SMILES string of the molecule is Nc1cccc(C2CN(C(=O)c3ccc(NC(=O)[C@@H]4CCCN4)s3)C2)c1. The average Bonchev–Trinajstić information content (AvgIpc) is 3.25. The van der Waals surface area contributed by atoms with Crippen LogP contribution in [0.4, 0.5) is 10.7 Å². The minimum atomic E-state index is -0.120. The highest BCUT2D eigenvalue weighted by Crippen LogP contribution is 2.31. The summed E-state index contributed by atoms with van der Waals surface area (Å²) in [4.78, 5) is 27.3. The molecule has 0 unspecified atom stereocenters. The van der Waals surface area contributed by atoms with E-state index in [2.05, 4.69) is 16.7 Å². The summed E-state index contributed by atoms with van der Waals surface area (Å²) in [6.45, 7) is 2.29. The van der Waals surface area contributed by atoms with Gasteiger partial charge in [0, 0.05) is 24.7 Å². The second kappa shape index (κ2) is 7.09. The number of nitrogen functional groups attached to an aromatic ring is 1. The van der Waals surface area contributed by atoms with Crippen LogP contribution in [0.2, 0.25) is 0 Å². The topological polar surface area (TPSA) is 87.5 Å². The minimum Gasteiger partial charge on any atom is -0.399 e. The molecule has 1 atom stereocenters. The summed E-state index contributed by atoms with van der Waals surface area (Å²) in [5.41, 5.74) is 7.76. The van der Waals surface area contributed by atoms with Gasteiger partial charge in [0.1, 0.15) is 0 Å². The monoisotopic (exact) mass is 370 g/mol. The van der Waals surface area contributed by atoms with Gasteiger partial charge in [0.2, 0.25) is 5.91 Å². The zero-order valence-corrected chi connectivity index (χ0v) is 15.2. The van der Waals surface area contributed by atoms with Gasteiger partial charge in [-0.15, -0.1) is 11.3 Å². The van der Waals surface area contributed by atoms with E-state index in [-0.39, 0.29) is 17.9 Å². The van der Waals surface area contributed by atoms with E-state index >= 15 is 0 Å². The summed E-state index contributed by atoms with van der Waals surface area (Å²) < 4.78 is 0. The van der Waals surface area contributed by atoms with Gasteiger partial charge >= 0.3 is 0 Å². The van der Waals surface area contributed by atoms with Gasteiger partial charge in [-0.1, -0.05) is 12.1 Å². The van der Waals surface area contributed by atoms with Crippen LogP contribution in [0.25, 0.3) is 0 Å². The maximum atomic E-state index is 12.6. The van der Waals surface area contributed by atoms with Crippen LogP contribution in [0.15, 0.2) is 36.4 Å². The van der Waals surface area contributed by atoms with Gasteiger partial charge in [0.25, 0.3) is 5.91 Å². The highest BCUT2D eigenvalue weighted by atomic mass is 32.1. The fraction of sp³-hybridized carbons (Fsp3) is 0.368. The zero-order chi connectivity index (χ0) is 18.1. The van der Waals surface area contributed by atoms with Crippen LogP contribution in [0.1, 0.15) is 34.0 Å². The summed E-state index contributed by atoms with van der Waals surface area (Å²) in [6.07, 6.45) is 1.89. The first-order chi connectivity index (χ1) is 12.6. The number of amides is 2. The summed E-state index contributed by atoms with van der Waals surface area (Å²) in [6, 6.07) is 11.3. The van der Waals surface area contributed by atoms with Crippen molar-refractivity contribution >= 4 is 33.8 Å². The quantitative estimate of drug-likeness (QED) is 0.721. The Bertz CT molecular complexity index is 822. The molecule has 0 saturated carbocycles. The predicted octanol–water partition coefficient (Wildman–Crippen LogP) is 2.26. The van der Waals surface area contributed by atoms with Crippen molar-refractivity contribution in [2.24, 2.45) is 0 Å². The maximum Gasteiger partial charge on any atom is 0.264 e. The Morgan fingerprint density at radius 1 is 1.23 bits per heavy atom. The molecule has 7 heteroatoms. The molecule has 3 heterocycles. The van der Waals surface area contributed by atoms with Crippen molar-refractivity contribution in [2.45, 2.75) is 24.8 Å². The van der Waals surface area contributed by atoms with Gasteiger partial charge in [0.05, 0.1) is 15.9 Å². The van der Waals surface area contributed by atoms with Crippen molar-refractivity contribution < 1.29 is 9.59 Å². The van der Waals surface area contributed by atoms with Crippen LogP contribution >= 0.6 is 11.3 Å². The fourth-order valence-electron chi connectivity index (χ4n) is 3.46. The third-order valence-electron chi connectivity index (χ3n) is 4.99. The summed E-state index contributed by atoms with van der Waals surface area (Å²) in [5.74, 6) is 0.346. The number of carbonyl (C=O) groups is 2. The number of nitrogens with zero attached hydrogens (tertiary/aromatic N) is 1. The first-order valence-electron chi connectivity index (χ1n) is 8.89. The number of thiophene rings is 1.